The van der Waals surface area contributed by atoms with E-state index < -0.39 is 0 Å². The van der Waals surface area contributed by atoms with Gasteiger partial charge in [-0.15, -0.1) is 11.3 Å². The normalized spacial score (nSPS) is 25.8. The van der Waals surface area contributed by atoms with Crippen LogP contribution in [-0.2, 0) is 12.0 Å². The Morgan fingerprint density at radius 1 is 1.50 bits per heavy atom. The van der Waals surface area contributed by atoms with Crippen LogP contribution >= 0.6 is 11.3 Å². The van der Waals surface area contributed by atoms with Crippen molar-refractivity contribution in [2.24, 2.45) is 11.7 Å². The van der Waals surface area contributed by atoms with E-state index in [-0.39, 0.29) is 5.41 Å². The maximum absolute atomic E-state index is 5.77. The molecule has 2 heterocycles. The van der Waals surface area contributed by atoms with Crippen LogP contribution in [0.5, 0.6) is 0 Å². The van der Waals surface area contributed by atoms with Crippen LogP contribution in [0.3, 0.4) is 0 Å². The van der Waals surface area contributed by atoms with Gasteiger partial charge in [-0.1, -0.05) is 20.8 Å². The first-order chi connectivity index (χ1) is 8.40. The lowest BCUT2D eigenvalue weighted by Crippen LogP contribution is -2.27. The van der Waals surface area contributed by atoms with Crippen LogP contribution in [0.1, 0.15) is 44.8 Å². The van der Waals surface area contributed by atoms with Gasteiger partial charge in [-0.2, -0.15) is 0 Å². The van der Waals surface area contributed by atoms with Gasteiger partial charge in [0.15, 0.2) is 0 Å². The molecule has 1 saturated heterocycles. The molecule has 2 N–H and O–H groups in total. The van der Waals surface area contributed by atoms with Gasteiger partial charge in [-0.25, -0.2) is 4.98 Å². The SMILES string of the molecule is CC1CC(CN)CN1Cc1csc(C(C)(C)C)n1. The number of nitrogens with two attached hydrogens (primary N) is 1. The van der Waals surface area contributed by atoms with Gasteiger partial charge in [-0.3, -0.25) is 4.90 Å². The maximum atomic E-state index is 5.77. The van der Waals surface area contributed by atoms with E-state index in [4.69, 9.17) is 10.7 Å². The molecule has 18 heavy (non-hydrogen) atoms. The second-order valence-corrected chi connectivity index (χ2v) is 7.37. The van der Waals surface area contributed by atoms with E-state index in [0.29, 0.717) is 12.0 Å². The highest BCUT2D eigenvalue weighted by Crippen LogP contribution is 2.28. The first-order valence-electron chi connectivity index (χ1n) is 6.79. The predicted molar refractivity (Wildman–Crippen MR) is 77.8 cm³/mol. The topological polar surface area (TPSA) is 42.1 Å². The van der Waals surface area contributed by atoms with E-state index in [1.54, 1.807) is 11.3 Å². The molecule has 0 aliphatic carbocycles. The summed E-state index contributed by atoms with van der Waals surface area (Å²) in [6.45, 7) is 11.9. The summed E-state index contributed by atoms with van der Waals surface area (Å²) >= 11 is 1.79. The van der Waals surface area contributed by atoms with E-state index in [9.17, 15) is 0 Å². The number of hydrogen-bond donors (Lipinski definition) is 1. The molecule has 4 heteroatoms. The number of thiazole rings is 1. The molecule has 2 rings (SSSR count). The monoisotopic (exact) mass is 267 g/mol. The van der Waals surface area contributed by atoms with Gasteiger partial charge < -0.3 is 5.73 Å². The largest absolute Gasteiger partial charge is 0.330 e. The highest BCUT2D eigenvalue weighted by atomic mass is 32.1. The number of nitrogens with zero attached hydrogens (tertiary/aromatic N) is 2. The number of rotatable bonds is 3. The fraction of sp³-hybridized carbons (Fsp3) is 0.786. The van der Waals surface area contributed by atoms with Gasteiger partial charge >= 0.3 is 0 Å². The summed E-state index contributed by atoms with van der Waals surface area (Å²) in [5, 5.41) is 3.45. The minimum Gasteiger partial charge on any atom is -0.330 e. The summed E-state index contributed by atoms with van der Waals surface area (Å²) in [6, 6.07) is 0.637. The van der Waals surface area contributed by atoms with Crippen LogP contribution < -0.4 is 5.73 Å². The van der Waals surface area contributed by atoms with Crippen molar-refractivity contribution in [3.63, 3.8) is 0 Å². The summed E-state index contributed by atoms with van der Waals surface area (Å²) in [4.78, 5) is 7.29. The van der Waals surface area contributed by atoms with Crippen LogP contribution in [-0.4, -0.2) is 29.0 Å². The number of hydrogen-bond acceptors (Lipinski definition) is 4. The van der Waals surface area contributed by atoms with E-state index in [1.807, 2.05) is 0 Å². The Hall–Kier alpha value is -0.450. The summed E-state index contributed by atoms with van der Waals surface area (Å²) in [7, 11) is 0. The zero-order valence-electron chi connectivity index (χ0n) is 11.9. The molecule has 1 aromatic rings. The summed E-state index contributed by atoms with van der Waals surface area (Å²) in [5.74, 6) is 0.667. The molecule has 2 unspecified atom stereocenters. The lowest BCUT2D eigenvalue weighted by molar-refractivity contribution is 0.253. The molecule has 1 fully saturated rings. The van der Waals surface area contributed by atoms with Crippen molar-refractivity contribution in [3.05, 3.63) is 16.1 Å². The van der Waals surface area contributed by atoms with Crippen molar-refractivity contribution in [2.45, 2.75) is 52.1 Å². The van der Waals surface area contributed by atoms with Crippen LogP contribution in [0, 0.1) is 5.92 Å². The molecular formula is C14H25N3S. The Morgan fingerprint density at radius 3 is 2.72 bits per heavy atom. The van der Waals surface area contributed by atoms with Crippen molar-refractivity contribution in [1.29, 1.82) is 0 Å². The van der Waals surface area contributed by atoms with Crippen molar-refractivity contribution < 1.29 is 0 Å². The average Bonchev–Trinajstić information content (AvgIpc) is 2.86. The first kappa shape index (κ1) is 14.0. The van der Waals surface area contributed by atoms with Gasteiger partial charge in [-0.05, 0) is 25.8 Å². The Kier molecular flexibility index (Phi) is 4.09. The Bertz CT molecular complexity index is 394. The Morgan fingerprint density at radius 2 is 2.22 bits per heavy atom. The maximum Gasteiger partial charge on any atom is 0.0982 e. The lowest BCUT2D eigenvalue weighted by atomic mass is 9.98. The molecule has 3 nitrogen and oxygen atoms in total. The third kappa shape index (κ3) is 3.11. The molecule has 0 saturated carbocycles. The standard InChI is InChI=1S/C14H25N3S/c1-10-5-11(6-15)7-17(10)8-12-9-18-13(16-12)14(2,3)4/h9-11H,5-8,15H2,1-4H3. The Balaban J connectivity index is 2.00. The van der Waals surface area contributed by atoms with Crippen LogP contribution in [0.4, 0.5) is 0 Å². The summed E-state index contributed by atoms with van der Waals surface area (Å²) in [6.07, 6.45) is 1.23. The fourth-order valence-corrected chi connectivity index (χ4v) is 3.44. The molecule has 1 aliphatic heterocycles. The zero-order chi connectivity index (χ0) is 13.3. The second-order valence-electron chi connectivity index (χ2n) is 6.51. The van der Waals surface area contributed by atoms with E-state index >= 15 is 0 Å². The molecule has 2 atom stereocenters. The second kappa shape index (κ2) is 5.27. The quantitative estimate of drug-likeness (QED) is 0.915. The van der Waals surface area contributed by atoms with E-state index in [1.165, 1.54) is 17.1 Å². The van der Waals surface area contributed by atoms with Gasteiger partial charge in [0.05, 0.1) is 10.7 Å². The lowest BCUT2D eigenvalue weighted by Gasteiger charge is -2.20. The molecule has 102 valence electrons. The summed E-state index contributed by atoms with van der Waals surface area (Å²) < 4.78 is 0. The third-order valence-electron chi connectivity index (χ3n) is 3.68. The molecule has 1 aliphatic rings. The third-order valence-corrected chi connectivity index (χ3v) is 5.00. The molecule has 0 amide bonds. The number of aromatic nitrogens is 1. The molecule has 0 spiro atoms. The molecule has 1 aromatic heterocycles. The molecule has 0 bridgehead atoms. The minimum absolute atomic E-state index is 0.166. The van der Waals surface area contributed by atoms with Crippen molar-refractivity contribution in [2.75, 3.05) is 13.1 Å². The first-order valence-corrected chi connectivity index (χ1v) is 7.67. The van der Waals surface area contributed by atoms with E-state index in [2.05, 4.69) is 38.0 Å². The molecule has 0 radical (unpaired) electrons. The van der Waals surface area contributed by atoms with E-state index in [0.717, 1.165) is 19.6 Å². The van der Waals surface area contributed by atoms with Gasteiger partial charge in [0.1, 0.15) is 0 Å². The smallest absolute Gasteiger partial charge is 0.0982 e. The highest BCUT2D eigenvalue weighted by Gasteiger charge is 2.28. The molecule has 0 aromatic carbocycles. The predicted octanol–water partition coefficient (Wildman–Crippen LogP) is 2.61. The highest BCUT2D eigenvalue weighted by molar-refractivity contribution is 7.09. The van der Waals surface area contributed by atoms with Crippen molar-refractivity contribution >= 4 is 11.3 Å². The van der Waals surface area contributed by atoms with Crippen LogP contribution in [0.2, 0.25) is 0 Å². The number of likely N-dealkylation sites (tertiary alicyclic amines) is 1. The van der Waals surface area contributed by atoms with Gasteiger partial charge in [0.2, 0.25) is 0 Å². The van der Waals surface area contributed by atoms with Crippen molar-refractivity contribution in [1.82, 2.24) is 9.88 Å². The Labute approximate surface area is 114 Å². The van der Waals surface area contributed by atoms with Crippen LogP contribution in [0.15, 0.2) is 5.38 Å². The average molecular weight is 267 g/mol. The minimum atomic E-state index is 0.166. The summed E-state index contributed by atoms with van der Waals surface area (Å²) in [5.41, 5.74) is 7.16. The van der Waals surface area contributed by atoms with Crippen LogP contribution in [0.25, 0.3) is 0 Å². The molecular weight excluding hydrogens is 242 g/mol. The fourth-order valence-electron chi connectivity index (χ4n) is 2.54. The van der Waals surface area contributed by atoms with Gasteiger partial charge in [0, 0.05) is 29.9 Å². The van der Waals surface area contributed by atoms with Gasteiger partial charge in [0.25, 0.3) is 0 Å². The van der Waals surface area contributed by atoms with Crippen molar-refractivity contribution in [3.8, 4) is 0 Å². The zero-order valence-corrected chi connectivity index (χ0v) is 12.8.